The molecule has 6 nitrogen and oxygen atoms in total. The summed E-state index contributed by atoms with van der Waals surface area (Å²) in [6, 6.07) is 13.2. The summed E-state index contributed by atoms with van der Waals surface area (Å²) in [5.41, 5.74) is 3.04. The first kappa shape index (κ1) is 17.1. The van der Waals surface area contributed by atoms with E-state index >= 15 is 0 Å². The summed E-state index contributed by atoms with van der Waals surface area (Å²) in [5, 5.41) is 5.63. The van der Waals surface area contributed by atoms with Gasteiger partial charge in [-0.3, -0.25) is 0 Å². The molecule has 0 saturated heterocycles. The third-order valence-corrected chi connectivity index (χ3v) is 4.18. The number of anilines is 1. The molecular formula is C19H22N2O4. The fourth-order valence-electron chi connectivity index (χ4n) is 2.90. The maximum absolute atomic E-state index is 12.2. The van der Waals surface area contributed by atoms with Crippen LogP contribution in [0.25, 0.3) is 0 Å². The highest BCUT2D eigenvalue weighted by Crippen LogP contribution is 2.34. The lowest BCUT2D eigenvalue weighted by Crippen LogP contribution is -2.38. The van der Waals surface area contributed by atoms with Crippen LogP contribution in [-0.4, -0.2) is 32.9 Å². The van der Waals surface area contributed by atoms with Crippen LogP contribution >= 0.6 is 0 Å². The fourth-order valence-corrected chi connectivity index (χ4v) is 2.90. The molecule has 0 saturated carbocycles. The number of urea groups is 1. The predicted molar refractivity (Wildman–Crippen MR) is 95.3 cm³/mol. The number of rotatable bonds is 5. The lowest BCUT2D eigenvalue weighted by Gasteiger charge is -2.25. The molecule has 0 aliphatic carbocycles. The molecule has 0 spiro atoms. The number of ether oxygens (including phenoxy) is 3. The first-order valence-electron chi connectivity index (χ1n) is 8.15. The van der Waals surface area contributed by atoms with Crippen LogP contribution in [0.1, 0.15) is 11.1 Å². The number of nitrogens with one attached hydrogen (secondary N) is 2. The van der Waals surface area contributed by atoms with Gasteiger partial charge < -0.3 is 24.8 Å². The van der Waals surface area contributed by atoms with Crippen molar-refractivity contribution in [3.05, 3.63) is 53.6 Å². The number of carbonyl (C=O) groups is 1. The lowest BCUT2D eigenvalue weighted by molar-refractivity contribution is 0.0308. The number of methoxy groups -OCH3 is 2. The van der Waals surface area contributed by atoms with E-state index in [1.54, 1.807) is 25.3 Å². The summed E-state index contributed by atoms with van der Waals surface area (Å²) in [6.45, 7) is 1.01. The molecule has 132 valence electrons. The zero-order chi connectivity index (χ0) is 17.6. The zero-order valence-corrected chi connectivity index (χ0v) is 14.4. The van der Waals surface area contributed by atoms with Crippen LogP contribution in [0.4, 0.5) is 10.5 Å². The fraction of sp³-hybridized carbons (Fsp3) is 0.316. The van der Waals surface area contributed by atoms with Gasteiger partial charge in [-0.25, -0.2) is 4.79 Å². The van der Waals surface area contributed by atoms with Crippen molar-refractivity contribution in [3.8, 4) is 11.5 Å². The first-order valence-corrected chi connectivity index (χ1v) is 8.15. The zero-order valence-electron chi connectivity index (χ0n) is 14.4. The Morgan fingerprint density at radius 1 is 1.12 bits per heavy atom. The van der Waals surface area contributed by atoms with Crippen molar-refractivity contribution in [1.29, 1.82) is 0 Å². The minimum atomic E-state index is -0.311. The van der Waals surface area contributed by atoms with Gasteiger partial charge in [-0.15, -0.1) is 0 Å². The van der Waals surface area contributed by atoms with E-state index in [9.17, 15) is 4.79 Å². The highest BCUT2D eigenvalue weighted by atomic mass is 16.5. The van der Waals surface area contributed by atoms with E-state index < -0.39 is 0 Å². The lowest BCUT2D eigenvalue weighted by atomic mass is 9.99. The SMILES string of the molecule is COc1cccc(NC(=O)NCC2Cc3ccccc3CO2)c1OC. The second kappa shape index (κ2) is 7.90. The smallest absolute Gasteiger partial charge is 0.319 e. The molecule has 3 rings (SSSR count). The van der Waals surface area contributed by atoms with Gasteiger partial charge in [0, 0.05) is 13.0 Å². The van der Waals surface area contributed by atoms with Crippen molar-refractivity contribution in [1.82, 2.24) is 5.32 Å². The van der Waals surface area contributed by atoms with Crippen molar-refractivity contribution in [3.63, 3.8) is 0 Å². The Hall–Kier alpha value is -2.73. The molecule has 1 unspecified atom stereocenters. The van der Waals surface area contributed by atoms with Crippen LogP contribution in [0.3, 0.4) is 0 Å². The van der Waals surface area contributed by atoms with Gasteiger partial charge in [-0.05, 0) is 23.3 Å². The second-order valence-electron chi connectivity index (χ2n) is 5.78. The highest BCUT2D eigenvalue weighted by Gasteiger charge is 2.19. The average Bonchev–Trinajstić information content (AvgIpc) is 2.66. The number of carbonyl (C=O) groups excluding carboxylic acids is 1. The standard InChI is InChI=1S/C19H22N2O4/c1-23-17-9-5-8-16(18(17)24-2)21-19(22)20-11-15-10-13-6-3-4-7-14(13)12-25-15/h3-9,15H,10-12H2,1-2H3,(H2,20,21,22). The molecule has 2 N–H and O–H groups in total. The van der Waals surface area contributed by atoms with E-state index in [2.05, 4.69) is 22.8 Å². The minimum absolute atomic E-state index is 0.0344. The summed E-state index contributed by atoms with van der Waals surface area (Å²) in [4.78, 5) is 12.2. The van der Waals surface area contributed by atoms with Crippen molar-refractivity contribution in [2.45, 2.75) is 19.1 Å². The Bertz CT molecular complexity index is 748. The quantitative estimate of drug-likeness (QED) is 0.876. The second-order valence-corrected chi connectivity index (χ2v) is 5.78. The van der Waals surface area contributed by atoms with E-state index in [1.807, 2.05) is 12.1 Å². The Balaban J connectivity index is 1.56. The largest absolute Gasteiger partial charge is 0.493 e. The van der Waals surface area contributed by atoms with Crippen LogP contribution in [0, 0.1) is 0 Å². The van der Waals surface area contributed by atoms with Crippen LogP contribution in [0.5, 0.6) is 11.5 Å². The van der Waals surface area contributed by atoms with Crippen LogP contribution in [0.2, 0.25) is 0 Å². The van der Waals surface area contributed by atoms with E-state index in [0.29, 0.717) is 30.3 Å². The molecule has 1 heterocycles. The Kier molecular flexibility index (Phi) is 5.40. The van der Waals surface area contributed by atoms with Gasteiger partial charge in [0.2, 0.25) is 0 Å². The van der Waals surface area contributed by atoms with E-state index in [-0.39, 0.29) is 12.1 Å². The van der Waals surface area contributed by atoms with E-state index in [0.717, 1.165) is 6.42 Å². The van der Waals surface area contributed by atoms with Gasteiger partial charge in [0.1, 0.15) is 0 Å². The molecule has 2 amide bonds. The Morgan fingerprint density at radius 3 is 2.68 bits per heavy atom. The molecule has 25 heavy (non-hydrogen) atoms. The summed E-state index contributed by atoms with van der Waals surface area (Å²) in [7, 11) is 3.09. The average molecular weight is 342 g/mol. The Morgan fingerprint density at radius 2 is 1.92 bits per heavy atom. The van der Waals surface area contributed by atoms with Crippen molar-refractivity contribution in [2.75, 3.05) is 26.1 Å². The summed E-state index contributed by atoms with van der Waals surface area (Å²) < 4.78 is 16.3. The number of para-hydroxylation sites is 1. The van der Waals surface area contributed by atoms with Gasteiger partial charge in [-0.1, -0.05) is 30.3 Å². The third kappa shape index (κ3) is 4.03. The van der Waals surface area contributed by atoms with Gasteiger partial charge in [0.25, 0.3) is 0 Å². The van der Waals surface area contributed by atoms with E-state index in [1.165, 1.54) is 18.2 Å². The summed E-state index contributed by atoms with van der Waals surface area (Å²) >= 11 is 0. The van der Waals surface area contributed by atoms with Crippen LogP contribution < -0.4 is 20.1 Å². The molecule has 0 aromatic heterocycles. The molecule has 0 fully saturated rings. The minimum Gasteiger partial charge on any atom is -0.493 e. The molecule has 1 aliphatic heterocycles. The number of benzene rings is 2. The van der Waals surface area contributed by atoms with Gasteiger partial charge in [0.15, 0.2) is 11.5 Å². The molecule has 1 atom stereocenters. The maximum Gasteiger partial charge on any atom is 0.319 e. The van der Waals surface area contributed by atoms with E-state index in [4.69, 9.17) is 14.2 Å². The highest BCUT2D eigenvalue weighted by molar-refractivity contribution is 5.91. The third-order valence-electron chi connectivity index (χ3n) is 4.18. The van der Waals surface area contributed by atoms with Crippen LogP contribution in [0.15, 0.2) is 42.5 Å². The molecule has 6 heteroatoms. The normalized spacial score (nSPS) is 15.8. The van der Waals surface area contributed by atoms with Crippen molar-refractivity contribution < 1.29 is 19.0 Å². The molecule has 2 aromatic rings. The first-order chi connectivity index (χ1) is 12.2. The van der Waals surface area contributed by atoms with Crippen molar-refractivity contribution >= 4 is 11.7 Å². The molecule has 0 bridgehead atoms. The predicted octanol–water partition coefficient (Wildman–Crippen LogP) is 2.97. The van der Waals surface area contributed by atoms with Gasteiger partial charge in [-0.2, -0.15) is 0 Å². The molecular weight excluding hydrogens is 320 g/mol. The number of amides is 2. The summed E-state index contributed by atoms with van der Waals surface area (Å²) in [5.74, 6) is 1.05. The number of fused-ring (bicyclic) bond motifs is 1. The molecule has 0 radical (unpaired) electrons. The maximum atomic E-state index is 12.2. The summed E-state index contributed by atoms with van der Waals surface area (Å²) in [6.07, 6.45) is 0.756. The molecule has 2 aromatic carbocycles. The van der Waals surface area contributed by atoms with Crippen LogP contribution in [-0.2, 0) is 17.8 Å². The number of hydrogen-bond donors (Lipinski definition) is 2. The molecule has 1 aliphatic rings. The van der Waals surface area contributed by atoms with Gasteiger partial charge >= 0.3 is 6.03 Å². The monoisotopic (exact) mass is 342 g/mol. The Labute approximate surface area is 147 Å². The topological polar surface area (TPSA) is 68.8 Å². The van der Waals surface area contributed by atoms with Crippen molar-refractivity contribution in [2.24, 2.45) is 0 Å². The number of hydrogen-bond acceptors (Lipinski definition) is 4. The van der Waals surface area contributed by atoms with Gasteiger partial charge in [0.05, 0.1) is 32.6 Å².